The van der Waals surface area contributed by atoms with Crippen molar-refractivity contribution in [3.05, 3.63) is 53.8 Å². The van der Waals surface area contributed by atoms with E-state index < -0.39 is 0 Å². The highest BCUT2D eigenvalue weighted by Crippen LogP contribution is 2.31. The molecule has 0 aromatic heterocycles. The van der Waals surface area contributed by atoms with Gasteiger partial charge in [-0.1, -0.05) is 24.3 Å². The van der Waals surface area contributed by atoms with Crippen LogP contribution in [0.15, 0.2) is 42.5 Å². The van der Waals surface area contributed by atoms with Gasteiger partial charge in [0.15, 0.2) is 0 Å². The van der Waals surface area contributed by atoms with E-state index in [4.69, 9.17) is 4.74 Å². The highest BCUT2D eigenvalue weighted by molar-refractivity contribution is 5.70. The van der Waals surface area contributed by atoms with Crippen molar-refractivity contribution in [3.63, 3.8) is 0 Å². The number of methoxy groups -OCH3 is 1. The molecule has 0 saturated carbocycles. The number of hydrogen-bond acceptors (Lipinski definition) is 2. The molecule has 0 aliphatic carbocycles. The molecule has 0 fully saturated rings. The molecule has 1 atom stereocenters. The van der Waals surface area contributed by atoms with Crippen molar-refractivity contribution in [1.82, 2.24) is 5.32 Å². The Bertz CT molecular complexity index is 551. The van der Waals surface area contributed by atoms with E-state index >= 15 is 0 Å². The summed E-state index contributed by atoms with van der Waals surface area (Å²) in [5.74, 6) is 0.416. The van der Waals surface area contributed by atoms with Crippen LogP contribution in [0.3, 0.4) is 0 Å². The summed E-state index contributed by atoms with van der Waals surface area (Å²) in [5, 5.41) is 3.19. The molecule has 2 nitrogen and oxygen atoms in total. The van der Waals surface area contributed by atoms with Crippen LogP contribution in [0.25, 0.3) is 11.1 Å². The molecule has 100 valence electrons. The van der Waals surface area contributed by atoms with E-state index in [2.05, 4.69) is 12.2 Å². The zero-order chi connectivity index (χ0) is 13.8. The third kappa shape index (κ3) is 2.93. The summed E-state index contributed by atoms with van der Waals surface area (Å²) in [7, 11) is 3.52. The van der Waals surface area contributed by atoms with Crippen molar-refractivity contribution in [1.29, 1.82) is 0 Å². The van der Waals surface area contributed by atoms with Crippen molar-refractivity contribution < 1.29 is 9.13 Å². The minimum Gasteiger partial charge on any atom is -0.496 e. The quantitative estimate of drug-likeness (QED) is 0.902. The molecule has 1 unspecified atom stereocenters. The Balaban J connectivity index is 2.39. The summed E-state index contributed by atoms with van der Waals surface area (Å²) in [6.45, 7) is 2.10. The van der Waals surface area contributed by atoms with Crippen molar-refractivity contribution in [2.45, 2.75) is 13.0 Å². The largest absolute Gasteiger partial charge is 0.496 e. The molecule has 0 spiro atoms. The second kappa shape index (κ2) is 5.85. The van der Waals surface area contributed by atoms with E-state index in [-0.39, 0.29) is 5.82 Å². The fraction of sp³-hybridized carbons (Fsp3) is 0.250. The summed E-state index contributed by atoms with van der Waals surface area (Å²) in [4.78, 5) is 0. The fourth-order valence-corrected chi connectivity index (χ4v) is 2.02. The standard InChI is InChI=1S/C16H18FNO/c1-11(18-2)12-4-6-13(7-5-12)15-10-14(17)8-9-16(15)19-3/h4-11,18H,1-3H3. The monoisotopic (exact) mass is 259 g/mol. The molecule has 3 heteroatoms. The highest BCUT2D eigenvalue weighted by atomic mass is 19.1. The van der Waals surface area contributed by atoms with Crippen LogP contribution in [0.4, 0.5) is 4.39 Å². The van der Waals surface area contributed by atoms with E-state index in [1.807, 2.05) is 31.3 Å². The van der Waals surface area contributed by atoms with E-state index in [0.29, 0.717) is 11.8 Å². The molecule has 2 rings (SSSR count). The molecular weight excluding hydrogens is 241 g/mol. The third-order valence-electron chi connectivity index (χ3n) is 3.32. The molecule has 1 N–H and O–H groups in total. The summed E-state index contributed by atoms with van der Waals surface area (Å²) in [6, 6.07) is 12.9. The number of hydrogen-bond donors (Lipinski definition) is 1. The Labute approximate surface area is 113 Å². The third-order valence-corrected chi connectivity index (χ3v) is 3.32. The van der Waals surface area contributed by atoms with Crippen LogP contribution in [-0.4, -0.2) is 14.2 Å². The van der Waals surface area contributed by atoms with Crippen LogP contribution in [0.5, 0.6) is 5.75 Å². The van der Waals surface area contributed by atoms with Gasteiger partial charge in [-0.15, -0.1) is 0 Å². The average molecular weight is 259 g/mol. The first kappa shape index (κ1) is 13.6. The Morgan fingerprint density at radius 3 is 2.37 bits per heavy atom. The van der Waals surface area contributed by atoms with Gasteiger partial charge >= 0.3 is 0 Å². The fourth-order valence-electron chi connectivity index (χ4n) is 2.02. The Morgan fingerprint density at radius 2 is 1.79 bits per heavy atom. The van der Waals surface area contributed by atoms with Crippen molar-refractivity contribution in [2.24, 2.45) is 0 Å². The Morgan fingerprint density at radius 1 is 1.11 bits per heavy atom. The molecule has 0 aliphatic rings. The minimum atomic E-state index is -0.261. The summed E-state index contributed by atoms with van der Waals surface area (Å²) < 4.78 is 18.6. The molecule has 0 radical (unpaired) electrons. The number of halogens is 1. The van der Waals surface area contributed by atoms with Gasteiger partial charge in [0.2, 0.25) is 0 Å². The van der Waals surface area contributed by atoms with Gasteiger partial charge < -0.3 is 10.1 Å². The van der Waals surface area contributed by atoms with Crippen LogP contribution in [0.2, 0.25) is 0 Å². The van der Waals surface area contributed by atoms with Crippen LogP contribution in [0, 0.1) is 5.82 Å². The summed E-state index contributed by atoms with van der Waals surface area (Å²) >= 11 is 0. The van der Waals surface area contributed by atoms with Gasteiger partial charge in [-0.3, -0.25) is 0 Å². The molecular formula is C16H18FNO. The van der Waals surface area contributed by atoms with Crippen molar-refractivity contribution >= 4 is 0 Å². The van der Waals surface area contributed by atoms with Gasteiger partial charge in [0, 0.05) is 11.6 Å². The maximum atomic E-state index is 13.4. The predicted octanol–water partition coefficient (Wildman–Crippen LogP) is 3.78. The van der Waals surface area contributed by atoms with E-state index in [9.17, 15) is 4.39 Å². The lowest BCUT2D eigenvalue weighted by atomic mass is 10.0. The second-order valence-corrected chi connectivity index (χ2v) is 4.48. The summed E-state index contributed by atoms with van der Waals surface area (Å²) in [6.07, 6.45) is 0. The van der Waals surface area contributed by atoms with Gasteiger partial charge in [0.25, 0.3) is 0 Å². The molecule has 0 heterocycles. The number of ether oxygens (including phenoxy) is 1. The second-order valence-electron chi connectivity index (χ2n) is 4.48. The van der Waals surface area contributed by atoms with Gasteiger partial charge in [-0.2, -0.15) is 0 Å². The first-order valence-electron chi connectivity index (χ1n) is 6.27. The molecule has 2 aromatic carbocycles. The van der Waals surface area contributed by atoms with Gasteiger partial charge in [0.1, 0.15) is 11.6 Å². The van der Waals surface area contributed by atoms with E-state index in [1.54, 1.807) is 13.2 Å². The van der Waals surface area contributed by atoms with Gasteiger partial charge in [0.05, 0.1) is 7.11 Å². The molecule has 0 amide bonds. The number of benzene rings is 2. The van der Waals surface area contributed by atoms with Crippen LogP contribution < -0.4 is 10.1 Å². The van der Waals surface area contributed by atoms with Crippen LogP contribution >= 0.6 is 0 Å². The van der Waals surface area contributed by atoms with Crippen LogP contribution in [-0.2, 0) is 0 Å². The zero-order valence-corrected chi connectivity index (χ0v) is 11.4. The lowest BCUT2D eigenvalue weighted by molar-refractivity contribution is 0.415. The topological polar surface area (TPSA) is 21.3 Å². The first-order valence-corrected chi connectivity index (χ1v) is 6.27. The first-order chi connectivity index (χ1) is 9.15. The lowest BCUT2D eigenvalue weighted by Crippen LogP contribution is -2.11. The maximum Gasteiger partial charge on any atom is 0.126 e. The van der Waals surface area contributed by atoms with E-state index in [1.165, 1.54) is 17.7 Å². The van der Waals surface area contributed by atoms with Crippen molar-refractivity contribution in [3.8, 4) is 16.9 Å². The molecule has 19 heavy (non-hydrogen) atoms. The van der Waals surface area contributed by atoms with Gasteiger partial charge in [-0.05, 0) is 43.3 Å². The highest BCUT2D eigenvalue weighted by Gasteiger charge is 2.08. The minimum absolute atomic E-state index is 0.261. The molecule has 0 saturated heterocycles. The Hall–Kier alpha value is -1.87. The molecule has 0 aliphatic heterocycles. The Kier molecular flexibility index (Phi) is 4.17. The van der Waals surface area contributed by atoms with Gasteiger partial charge in [-0.25, -0.2) is 4.39 Å². The SMILES string of the molecule is CNC(C)c1ccc(-c2cc(F)ccc2OC)cc1. The molecule has 2 aromatic rings. The maximum absolute atomic E-state index is 13.4. The lowest BCUT2D eigenvalue weighted by Gasteiger charge is -2.12. The average Bonchev–Trinajstić information content (AvgIpc) is 2.46. The smallest absolute Gasteiger partial charge is 0.126 e. The van der Waals surface area contributed by atoms with E-state index in [0.717, 1.165) is 11.1 Å². The predicted molar refractivity (Wildman–Crippen MR) is 75.9 cm³/mol. The number of rotatable bonds is 4. The normalized spacial score (nSPS) is 12.2. The number of nitrogens with one attached hydrogen (secondary N) is 1. The summed E-state index contributed by atoms with van der Waals surface area (Å²) in [5.41, 5.74) is 2.91. The zero-order valence-electron chi connectivity index (χ0n) is 11.4. The van der Waals surface area contributed by atoms with Crippen LogP contribution in [0.1, 0.15) is 18.5 Å². The molecule has 0 bridgehead atoms. The van der Waals surface area contributed by atoms with Crippen molar-refractivity contribution in [2.75, 3.05) is 14.2 Å².